The van der Waals surface area contributed by atoms with Crippen LogP contribution in [0.3, 0.4) is 0 Å². The smallest absolute Gasteiger partial charge is 0.0716 e. The molecule has 0 saturated heterocycles. The molecule has 2 N–H and O–H groups in total. The summed E-state index contributed by atoms with van der Waals surface area (Å²) in [5, 5.41) is 0. The fourth-order valence-electron chi connectivity index (χ4n) is 1.53. The van der Waals surface area contributed by atoms with E-state index in [4.69, 9.17) is 10.5 Å². The van der Waals surface area contributed by atoms with Crippen molar-refractivity contribution in [1.82, 2.24) is 0 Å². The third-order valence-corrected chi connectivity index (χ3v) is 2.98. The Morgan fingerprint density at radius 1 is 1.50 bits per heavy atom. The maximum Gasteiger partial charge on any atom is 0.0716 e. The maximum atomic E-state index is 5.68. The lowest BCUT2D eigenvalue weighted by Gasteiger charge is -2.16. The summed E-state index contributed by atoms with van der Waals surface area (Å²) in [7, 11) is 1.71. The van der Waals surface area contributed by atoms with Gasteiger partial charge in [0.25, 0.3) is 0 Å². The molecule has 1 atom stereocenters. The first-order chi connectivity index (χ1) is 6.70. The summed E-state index contributed by atoms with van der Waals surface area (Å²) in [6, 6.07) is 6.14. The molecule has 0 spiro atoms. The Bertz CT molecular complexity index is 301. The van der Waals surface area contributed by atoms with Gasteiger partial charge in [-0.25, -0.2) is 0 Å². The normalized spacial score (nSPS) is 12.9. The van der Waals surface area contributed by atoms with E-state index in [2.05, 4.69) is 28.9 Å². The molecule has 0 aliphatic carbocycles. The van der Waals surface area contributed by atoms with Gasteiger partial charge in [0.1, 0.15) is 0 Å². The molecule has 0 aliphatic heterocycles. The minimum atomic E-state index is 0.357. The Hall–Kier alpha value is -0.380. The average molecular weight is 258 g/mol. The minimum Gasteiger partial charge on any atom is -0.380 e. The van der Waals surface area contributed by atoms with Gasteiger partial charge in [-0.3, -0.25) is 0 Å². The molecule has 0 heterocycles. The summed E-state index contributed by atoms with van der Waals surface area (Å²) in [6.45, 7) is 3.41. The fraction of sp³-hybridized carbons (Fsp3) is 0.455. The molecule has 14 heavy (non-hydrogen) atoms. The van der Waals surface area contributed by atoms with Gasteiger partial charge in [-0.15, -0.1) is 0 Å². The number of rotatable bonds is 4. The summed E-state index contributed by atoms with van der Waals surface area (Å²) in [5.41, 5.74) is 8.15. The van der Waals surface area contributed by atoms with Crippen molar-refractivity contribution in [2.75, 3.05) is 13.7 Å². The van der Waals surface area contributed by atoms with Crippen molar-refractivity contribution >= 4 is 15.9 Å². The number of benzene rings is 1. The third-order valence-electron chi connectivity index (χ3n) is 2.29. The summed E-state index contributed by atoms with van der Waals surface area (Å²) in [5.74, 6) is 0.357. The van der Waals surface area contributed by atoms with Crippen LogP contribution in [0, 0.1) is 0 Å². The van der Waals surface area contributed by atoms with Crippen molar-refractivity contribution < 1.29 is 4.74 Å². The topological polar surface area (TPSA) is 35.2 Å². The van der Waals surface area contributed by atoms with Gasteiger partial charge < -0.3 is 10.5 Å². The molecule has 78 valence electrons. The number of ether oxygens (including phenoxy) is 1. The van der Waals surface area contributed by atoms with E-state index in [9.17, 15) is 0 Å². The molecule has 0 amide bonds. The average Bonchev–Trinajstić information content (AvgIpc) is 2.18. The summed E-state index contributed by atoms with van der Waals surface area (Å²) < 4.78 is 6.27. The summed E-state index contributed by atoms with van der Waals surface area (Å²) >= 11 is 3.55. The lowest BCUT2D eigenvalue weighted by Crippen LogP contribution is -2.12. The lowest BCUT2D eigenvalue weighted by molar-refractivity contribution is 0.184. The molecule has 0 radical (unpaired) electrons. The van der Waals surface area contributed by atoms with Gasteiger partial charge >= 0.3 is 0 Å². The van der Waals surface area contributed by atoms with E-state index in [1.807, 2.05) is 12.1 Å². The van der Waals surface area contributed by atoms with Crippen molar-refractivity contribution in [2.24, 2.45) is 5.73 Å². The van der Waals surface area contributed by atoms with Crippen molar-refractivity contribution in [1.29, 1.82) is 0 Å². The molecule has 0 fully saturated rings. The predicted octanol–water partition coefficient (Wildman–Crippen LogP) is 2.66. The van der Waals surface area contributed by atoms with E-state index < -0.39 is 0 Å². The first kappa shape index (κ1) is 11.7. The van der Waals surface area contributed by atoms with Crippen LogP contribution in [0.25, 0.3) is 0 Å². The SMILES string of the molecule is COCc1cccc(Br)c1C(C)CN. The highest BCUT2D eigenvalue weighted by atomic mass is 79.9. The quantitative estimate of drug-likeness (QED) is 0.901. The molecule has 0 bridgehead atoms. The molecule has 0 saturated carbocycles. The van der Waals surface area contributed by atoms with Crippen LogP contribution in [-0.2, 0) is 11.3 Å². The van der Waals surface area contributed by atoms with Crippen molar-refractivity contribution in [3.05, 3.63) is 33.8 Å². The van der Waals surface area contributed by atoms with Crippen LogP contribution < -0.4 is 5.73 Å². The molecule has 1 aromatic rings. The molecule has 1 rings (SSSR count). The molecule has 1 unspecified atom stereocenters. The number of hydrogen-bond acceptors (Lipinski definition) is 2. The van der Waals surface area contributed by atoms with Crippen molar-refractivity contribution in [2.45, 2.75) is 19.4 Å². The number of methoxy groups -OCH3 is 1. The van der Waals surface area contributed by atoms with Crippen LogP contribution >= 0.6 is 15.9 Å². The Balaban J connectivity index is 3.08. The second-order valence-electron chi connectivity index (χ2n) is 3.38. The van der Waals surface area contributed by atoms with Gasteiger partial charge in [0.05, 0.1) is 6.61 Å². The molecule has 1 aromatic carbocycles. The van der Waals surface area contributed by atoms with Crippen molar-refractivity contribution in [3.8, 4) is 0 Å². The Morgan fingerprint density at radius 3 is 2.79 bits per heavy atom. The van der Waals surface area contributed by atoms with E-state index in [1.54, 1.807) is 7.11 Å². The van der Waals surface area contributed by atoms with E-state index in [0.29, 0.717) is 19.1 Å². The highest BCUT2D eigenvalue weighted by Crippen LogP contribution is 2.28. The van der Waals surface area contributed by atoms with Crippen LogP contribution in [0.4, 0.5) is 0 Å². The van der Waals surface area contributed by atoms with Crippen LogP contribution in [0.2, 0.25) is 0 Å². The predicted molar refractivity (Wildman–Crippen MR) is 62.3 cm³/mol. The molecular formula is C11H16BrNO. The maximum absolute atomic E-state index is 5.68. The number of nitrogens with two attached hydrogens (primary N) is 1. The number of halogens is 1. The first-order valence-corrected chi connectivity index (χ1v) is 5.46. The highest BCUT2D eigenvalue weighted by Gasteiger charge is 2.12. The minimum absolute atomic E-state index is 0.357. The van der Waals surface area contributed by atoms with Gasteiger partial charge in [0, 0.05) is 11.6 Å². The molecule has 0 aromatic heterocycles. The van der Waals surface area contributed by atoms with Gasteiger partial charge in [-0.2, -0.15) is 0 Å². The Morgan fingerprint density at radius 2 is 2.21 bits per heavy atom. The summed E-state index contributed by atoms with van der Waals surface area (Å²) in [4.78, 5) is 0. The zero-order valence-corrected chi connectivity index (χ0v) is 10.2. The molecule has 3 heteroatoms. The van der Waals surface area contributed by atoms with E-state index in [0.717, 1.165) is 4.47 Å². The largest absolute Gasteiger partial charge is 0.380 e. The second kappa shape index (κ2) is 5.49. The highest BCUT2D eigenvalue weighted by molar-refractivity contribution is 9.10. The summed E-state index contributed by atoms with van der Waals surface area (Å²) in [6.07, 6.45) is 0. The van der Waals surface area contributed by atoms with E-state index in [-0.39, 0.29) is 0 Å². The molecule has 0 aliphatic rings. The Kier molecular flexibility index (Phi) is 4.58. The zero-order chi connectivity index (χ0) is 10.6. The van der Waals surface area contributed by atoms with E-state index in [1.165, 1.54) is 11.1 Å². The van der Waals surface area contributed by atoms with Gasteiger partial charge in [0.2, 0.25) is 0 Å². The van der Waals surface area contributed by atoms with Gasteiger partial charge in [-0.05, 0) is 29.7 Å². The van der Waals surface area contributed by atoms with Crippen LogP contribution in [0.1, 0.15) is 24.0 Å². The molecular weight excluding hydrogens is 242 g/mol. The standard InChI is InChI=1S/C11H16BrNO/c1-8(6-13)11-9(7-14-2)4-3-5-10(11)12/h3-5,8H,6-7,13H2,1-2H3. The van der Waals surface area contributed by atoms with Crippen molar-refractivity contribution in [3.63, 3.8) is 0 Å². The monoisotopic (exact) mass is 257 g/mol. The first-order valence-electron chi connectivity index (χ1n) is 4.67. The van der Waals surface area contributed by atoms with Crippen LogP contribution in [0.5, 0.6) is 0 Å². The zero-order valence-electron chi connectivity index (χ0n) is 8.59. The van der Waals surface area contributed by atoms with Crippen LogP contribution in [-0.4, -0.2) is 13.7 Å². The van der Waals surface area contributed by atoms with E-state index >= 15 is 0 Å². The van der Waals surface area contributed by atoms with Gasteiger partial charge in [-0.1, -0.05) is 35.0 Å². The van der Waals surface area contributed by atoms with Crippen LogP contribution in [0.15, 0.2) is 22.7 Å². The Labute approximate surface area is 93.6 Å². The lowest BCUT2D eigenvalue weighted by atomic mass is 9.96. The number of hydrogen-bond donors (Lipinski definition) is 1. The molecule has 2 nitrogen and oxygen atoms in total. The second-order valence-corrected chi connectivity index (χ2v) is 4.24. The third kappa shape index (κ3) is 2.56. The fourth-order valence-corrected chi connectivity index (χ4v) is 2.33. The van der Waals surface area contributed by atoms with Gasteiger partial charge in [0.15, 0.2) is 0 Å².